The minimum atomic E-state index is 0.426. The van der Waals surface area contributed by atoms with E-state index in [-0.39, 0.29) is 0 Å². The van der Waals surface area contributed by atoms with Crippen molar-refractivity contribution >= 4 is 5.82 Å². The van der Waals surface area contributed by atoms with Crippen molar-refractivity contribution < 1.29 is 4.52 Å². The lowest BCUT2D eigenvalue weighted by atomic mass is 9.97. The van der Waals surface area contributed by atoms with E-state index >= 15 is 0 Å². The van der Waals surface area contributed by atoms with E-state index in [2.05, 4.69) is 37.2 Å². The minimum Gasteiger partial charge on any atom is -0.380 e. The summed E-state index contributed by atoms with van der Waals surface area (Å²) < 4.78 is 5.46. The van der Waals surface area contributed by atoms with Crippen LogP contribution in [0.3, 0.4) is 0 Å². The molecular formula is C17H16N2O. The summed E-state index contributed by atoms with van der Waals surface area (Å²) in [5.74, 6) is 1.15. The molecule has 3 aromatic rings. The molecular weight excluding hydrogens is 248 g/mol. The Hall–Kier alpha value is -2.55. The lowest BCUT2D eigenvalue weighted by molar-refractivity contribution is 0.436. The summed E-state index contributed by atoms with van der Waals surface area (Å²) in [5.41, 5.74) is 11.3. The summed E-state index contributed by atoms with van der Waals surface area (Å²) in [6, 6.07) is 16.2. The van der Waals surface area contributed by atoms with E-state index < -0.39 is 0 Å². The molecule has 0 saturated heterocycles. The van der Waals surface area contributed by atoms with Gasteiger partial charge in [-0.1, -0.05) is 59.3 Å². The third kappa shape index (κ3) is 2.07. The normalized spacial score (nSPS) is 10.7. The van der Waals surface area contributed by atoms with Gasteiger partial charge in [-0.25, -0.2) is 0 Å². The number of nitrogen functional groups attached to an aromatic ring is 1. The van der Waals surface area contributed by atoms with Crippen LogP contribution in [0.4, 0.5) is 5.82 Å². The molecule has 0 atom stereocenters. The number of nitrogens with two attached hydrogens (primary N) is 1. The van der Waals surface area contributed by atoms with Gasteiger partial charge < -0.3 is 10.3 Å². The zero-order valence-corrected chi connectivity index (χ0v) is 11.6. The van der Waals surface area contributed by atoms with Crippen molar-refractivity contribution in [2.45, 2.75) is 13.8 Å². The van der Waals surface area contributed by atoms with Gasteiger partial charge in [0.05, 0.1) is 5.56 Å². The van der Waals surface area contributed by atoms with Crippen LogP contribution < -0.4 is 5.73 Å². The molecule has 100 valence electrons. The van der Waals surface area contributed by atoms with Crippen LogP contribution in [0.1, 0.15) is 11.1 Å². The summed E-state index contributed by atoms with van der Waals surface area (Å²) in [7, 11) is 0. The highest BCUT2D eigenvalue weighted by atomic mass is 16.5. The molecule has 3 heteroatoms. The number of hydrogen-bond acceptors (Lipinski definition) is 3. The molecule has 0 bridgehead atoms. The molecule has 20 heavy (non-hydrogen) atoms. The standard InChI is InChI=1S/C17H16N2O/c1-11-7-9-13(10-8-11)16-15(17(18)19-20-16)14-6-4-3-5-12(14)2/h3-10H,1-2H3,(H2,18,19). The summed E-state index contributed by atoms with van der Waals surface area (Å²) >= 11 is 0. The van der Waals surface area contributed by atoms with Crippen LogP contribution in [0.15, 0.2) is 53.1 Å². The van der Waals surface area contributed by atoms with Gasteiger partial charge in [-0.05, 0) is 25.0 Å². The van der Waals surface area contributed by atoms with Crippen LogP contribution in [-0.2, 0) is 0 Å². The Kier molecular flexibility index (Phi) is 3.03. The molecule has 0 aliphatic heterocycles. The van der Waals surface area contributed by atoms with E-state index in [1.54, 1.807) is 0 Å². The topological polar surface area (TPSA) is 52.0 Å². The number of aromatic nitrogens is 1. The van der Waals surface area contributed by atoms with Gasteiger partial charge in [-0.15, -0.1) is 0 Å². The maximum absolute atomic E-state index is 6.00. The largest absolute Gasteiger partial charge is 0.380 e. The molecule has 0 spiro atoms. The quantitative estimate of drug-likeness (QED) is 0.754. The average molecular weight is 264 g/mol. The van der Waals surface area contributed by atoms with E-state index in [0.29, 0.717) is 5.82 Å². The zero-order valence-electron chi connectivity index (χ0n) is 11.6. The molecule has 0 aliphatic carbocycles. The van der Waals surface area contributed by atoms with Crippen LogP contribution in [0, 0.1) is 13.8 Å². The van der Waals surface area contributed by atoms with Crippen LogP contribution in [0.2, 0.25) is 0 Å². The highest BCUT2D eigenvalue weighted by Gasteiger charge is 2.18. The summed E-state index contributed by atoms with van der Waals surface area (Å²) in [6.45, 7) is 4.11. The van der Waals surface area contributed by atoms with Gasteiger partial charge in [0.1, 0.15) is 0 Å². The number of hydrogen-bond donors (Lipinski definition) is 1. The van der Waals surface area contributed by atoms with Crippen LogP contribution in [0.5, 0.6) is 0 Å². The average Bonchev–Trinajstić information content (AvgIpc) is 2.82. The molecule has 2 N–H and O–H groups in total. The molecule has 0 radical (unpaired) electrons. The summed E-state index contributed by atoms with van der Waals surface area (Å²) in [5, 5.41) is 3.94. The zero-order chi connectivity index (χ0) is 14.1. The second kappa shape index (κ2) is 4.85. The predicted octanol–water partition coefficient (Wildman–Crippen LogP) is 4.21. The molecule has 0 unspecified atom stereocenters. The summed E-state index contributed by atoms with van der Waals surface area (Å²) in [4.78, 5) is 0. The van der Waals surface area contributed by atoms with E-state index in [4.69, 9.17) is 10.3 Å². The lowest BCUT2D eigenvalue weighted by Crippen LogP contribution is -1.91. The first-order chi connectivity index (χ1) is 9.66. The Balaban J connectivity index is 2.20. The van der Waals surface area contributed by atoms with Gasteiger partial charge in [0, 0.05) is 5.56 Å². The van der Waals surface area contributed by atoms with Gasteiger partial charge in [0.25, 0.3) is 0 Å². The molecule has 0 amide bonds. The first-order valence-electron chi connectivity index (χ1n) is 6.55. The highest BCUT2D eigenvalue weighted by molar-refractivity contribution is 5.87. The smallest absolute Gasteiger partial charge is 0.176 e. The fraction of sp³-hybridized carbons (Fsp3) is 0.118. The fourth-order valence-corrected chi connectivity index (χ4v) is 2.32. The van der Waals surface area contributed by atoms with Crippen molar-refractivity contribution in [3.05, 3.63) is 59.7 Å². The Morgan fingerprint density at radius 2 is 1.65 bits per heavy atom. The van der Waals surface area contributed by atoms with Crippen molar-refractivity contribution in [2.24, 2.45) is 0 Å². The van der Waals surface area contributed by atoms with E-state index in [9.17, 15) is 0 Å². The third-order valence-electron chi connectivity index (χ3n) is 3.45. The Morgan fingerprint density at radius 1 is 0.950 bits per heavy atom. The number of anilines is 1. The maximum atomic E-state index is 6.00. The number of aryl methyl sites for hydroxylation is 2. The molecule has 3 rings (SSSR count). The van der Waals surface area contributed by atoms with Gasteiger partial charge in [-0.3, -0.25) is 0 Å². The van der Waals surface area contributed by atoms with Crippen molar-refractivity contribution in [1.82, 2.24) is 5.16 Å². The van der Waals surface area contributed by atoms with Crippen LogP contribution >= 0.6 is 0 Å². The van der Waals surface area contributed by atoms with Crippen molar-refractivity contribution in [3.63, 3.8) is 0 Å². The lowest BCUT2D eigenvalue weighted by Gasteiger charge is -2.06. The van der Waals surface area contributed by atoms with Gasteiger partial charge >= 0.3 is 0 Å². The first-order valence-corrected chi connectivity index (χ1v) is 6.55. The van der Waals surface area contributed by atoms with E-state index in [1.165, 1.54) is 5.56 Å². The van der Waals surface area contributed by atoms with E-state index in [1.807, 2.05) is 30.3 Å². The SMILES string of the molecule is Cc1ccc(-c2onc(N)c2-c2ccccc2C)cc1. The number of rotatable bonds is 2. The minimum absolute atomic E-state index is 0.426. The van der Waals surface area contributed by atoms with Crippen molar-refractivity contribution in [1.29, 1.82) is 0 Å². The van der Waals surface area contributed by atoms with Crippen molar-refractivity contribution in [2.75, 3.05) is 5.73 Å². The molecule has 1 aromatic heterocycles. The first kappa shape index (κ1) is 12.5. The van der Waals surface area contributed by atoms with Gasteiger partial charge in [0.2, 0.25) is 0 Å². The molecule has 2 aromatic carbocycles. The monoisotopic (exact) mass is 264 g/mol. The maximum Gasteiger partial charge on any atom is 0.176 e. The molecule has 1 heterocycles. The Bertz CT molecular complexity index is 742. The van der Waals surface area contributed by atoms with Crippen molar-refractivity contribution in [3.8, 4) is 22.5 Å². The molecule has 0 aliphatic rings. The number of benzene rings is 2. The second-order valence-corrected chi connectivity index (χ2v) is 4.95. The van der Waals surface area contributed by atoms with E-state index in [0.717, 1.165) is 28.0 Å². The van der Waals surface area contributed by atoms with Crippen LogP contribution in [0.25, 0.3) is 22.5 Å². The van der Waals surface area contributed by atoms with Gasteiger partial charge in [0.15, 0.2) is 11.6 Å². The Labute approximate surface area is 118 Å². The second-order valence-electron chi connectivity index (χ2n) is 4.95. The number of nitrogens with zero attached hydrogens (tertiary/aromatic N) is 1. The van der Waals surface area contributed by atoms with Crippen LogP contribution in [-0.4, -0.2) is 5.16 Å². The third-order valence-corrected chi connectivity index (χ3v) is 3.45. The van der Waals surface area contributed by atoms with Gasteiger partial charge in [-0.2, -0.15) is 0 Å². The Morgan fingerprint density at radius 3 is 2.35 bits per heavy atom. The summed E-state index contributed by atoms with van der Waals surface area (Å²) in [6.07, 6.45) is 0. The molecule has 3 nitrogen and oxygen atoms in total. The fourth-order valence-electron chi connectivity index (χ4n) is 2.32. The molecule has 0 fully saturated rings. The predicted molar refractivity (Wildman–Crippen MR) is 81.3 cm³/mol. The highest BCUT2D eigenvalue weighted by Crippen LogP contribution is 2.37. The molecule has 0 saturated carbocycles.